The van der Waals surface area contributed by atoms with Gasteiger partial charge >= 0.3 is 15.2 Å². The number of rotatable bonds is 38. The van der Waals surface area contributed by atoms with Crippen LogP contribution in [-0.4, -0.2) is 243 Å². The summed E-state index contributed by atoms with van der Waals surface area (Å²) in [5, 5.41) is 42.4. The van der Waals surface area contributed by atoms with Gasteiger partial charge in [-0.2, -0.15) is 0 Å². The molecule has 3 aliphatic rings. The SMILES string of the molecule is C.C.CCOP(=O)(CCOC)OCC.CCOP(C)(=O)CCCN(C)C1Cn2cc(C(=O)NCc3ccc(F)cc3F)c(=O)c(O)c2C(=O)C1(C)CCOC.CNC1Cn2cc(C(=O)NCc3ccc(F)cc3F)c(=O)c(O)c2C(=O)C1(C)CCOC.COCCC1(C)C(=O)c2c(O)c(=O)c(C(=O)NCc3ccc(F)cc3F)cn2CC1N(C)CCCP(=O)(O)O.C[Si](C)(C)Br. The van der Waals surface area contributed by atoms with E-state index in [9.17, 15) is 108 Å². The molecule has 131 heavy (non-hydrogen) atoms. The van der Waals surface area contributed by atoms with Gasteiger partial charge in [-0.15, -0.1) is 15.3 Å². The van der Waals surface area contributed by atoms with Crippen LogP contribution in [0.25, 0.3) is 0 Å². The first-order valence-corrected chi connectivity index (χ1v) is 52.9. The maximum Gasteiger partial charge on any atom is 0.332 e. The highest BCUT2D eigenvalue weighted by Crippen LogP contribution is 2.48. The summed E-state index contributed by atoms with van der Waals surface area (Å²) >= 11 is 3.51. The number of ketones is 3. The molecule has 0 spiro atoms. The number of aromatic hydroxyl groups is 3. The van der Waals surface area contributed by atoms with Crippen LogP contribution in [0.3, 0.4) is 0 Å². The number of fused-ring (bicyclic) bond motifs is 3. The molecular weight excluding hydrogens is 1870 g/mol. The lowest BCUT2D eigenvalue weighted by molar-refractivity contribution is 0.0279. The van der Waals surface area contributed by atoms with Crippen molar-refractivity contribution in [3.8, 4) is 17.2 Å². The molecule has 3 amide bonds. The summed E-state index contributed by atoms with van der Waals surface area (Å²) in [6, 6.07) is 7.33. The Balaban J connectivity index is 0.000000463. The summed E-state index contributed by atoms with van der Waals surface area (Å²) in [6.07, 6.45) is 5.54. The number of carbonyl (C=O) groups is 6. The van der Waals surface area contributed by atoms with Gasteiger partial charge in [0.05, 0.1) is 55.0 Å². The number of nitrogens with zero attached hydrogens (tertiary/aromatic N) is 5. The first-order chi connectivity index (χ1) is 60.3. The maximum atomic E-state index is 14.0. The summed E-state index contributed by atoms with van der Waals surface area (Å²) in [7, 11) is 1.47. The molecule has 33 nitrogen and oxygen atoms in total. The zero-order chi connectivity index (χ0) is 97.2. The minimum Gasteiger partial charge on any atom is -0.503 e. The van der Waals surface area contributed by atoms with Crippen LogP contribution < -0.4 is 37.6 Å². The van der Waals surface area contributed by atoms with Crippen molar-refractivity contribution in [3.05, 3.63) is 189 Å². The van der Waals surface area contributed by atoms with Gasteiger partial charge < -0.3 is 102 Å². The molecule has 0 radical (unpaired) electrons. The lowest BCUT2D eigenvalue weighted by Crippen LogP contribution is -2.56. The third-order valence-electron chi connectivity index (χ3n) is 22.0. The van der Waals surface area contributed by atoms with Crippen LogP contribution >= 0.6 is 37.9 Å². The second-order valence-electron chi connectivity index (χ2n) is 32.7. The average molecular weight is 2000 g/mol. The molecule has 7 unspecified atom stereocenters. The average Bonchev–Trinajstić information content (AvgIpc) is 0.828. The number of Topliss-reactive ketones (excluding diaryl/α,β-unsaturated/α-hetero) is 3. The molecule has 6 aromatic rings. The number of halogens is 7. The topological polar surface area (TPSA) is 440 Å². The molecule has 7 atom stereocenters. The number of likely N-dealkylation sites (N-methyl/N-ethyl adjacent to an activating group) is 3. The minimum atomic E-state index is -4.21. The summed E-state index contributed by atoms with van der Waals surface area (Å²) in [5.74, 6) is -11.6. The zero-order valence-corrected chi connectivity index (χ0v) is 80.9. The van der Waals surface area contributed by atoms with Crippen molar-refractivity contribution in [2.24, 2.45) is 16.2 Å². The second-order valence-corrected chi connectivity index (χ2v) is 50.7. The predicted octanol–water partition coefficient (Wildman–Crippen LogP) is 12.5. The van der Waals surface area contributed by atoms with Crippen LogP contribution in [0.4, 0.5) is 26.3 Å². The van der Waals surface area contributed by atoms with E-state index >= 15 is 0 Å². The molecule has 0 saturated heterocycles. The number of hydrogen-bond donors (Lipinski definition) is 9. The standard InChI is InChI=1S/C28H38F2N3O7P.C25H32F2N3O8P.C22H25F2N3O5.C7H17O4P.C3H9BrSi.2CH4/c1-6-40-41(5,38)13-7-11-32(3)22-17-33-16-20(27(37)31-15-18-8-9-19(29)14-21(18)30)24(34)25(35)23(33)26(36)28(22,2)10-12-39-4;1-25(7-9-38-3)19(29(2)8-4-10-39(35,36)37)14-30-13-17(21(31)22(32)20(30)23(25)33)24(34)28-12-15-5-6-16(26)11-18(15)27;1-22(6-7-32-3)16(25-2)11-27-10-14(18(28)19(29)17(27)20(22)30)21(31)26-9-12-4-5-13(23)8-15(12)24;1-4-10-12(8,11-5-2)7-6-9-3;1-5(2,3)4;;/h8-9,14,16,22,35H,6-7,10-13,15,17H2,1-5H3,(H,31,37);5-6,11,13,19,32H,4,7-10,12,14H2,1-3H3,(H,28,34)(H2,35,36,37);4-5,8,10,16,25,29H,6-7,9,11H2,1-3H3,(H,26,31);4-7H2,1-3H3;1-3H3;2*1H4. The van der Waals surface area contributed by atoms with E-state index in [1.165, 1.54) is 59.6 Å². The van der Waals surface area contributed by atoms with Crippen LogP contribution in [0, 0.1) is 51.1 Å². The molecule has 734 valence electrons. The highest BCUT2D eigenvalue weighted by Gasteiger charge is 2.52. The van der Waals surface area contributed by atoms with Crippen LogP contribution in [-0.2, 0) is 85.5 Å². The largest absolute Gasteiger partial charge is 0.503 e. The molecule has 0 aliphatic carbocycles. The molecule has 0 fully saturated rings. The Hall–Kier alpha value is -8.18. The Morgan fingerprint density at radius 2 is 0.802 bits per heavy atom. The fraction of sp³-hybridized carbons (Fsp3) is 0.552. The molecule has 9 rings (SSSR count). The Kier molecular flexibility index (Phi) is 46.5. The monoisotopic (exact) mass is 2000 g/mol. The molecule has 44 heteroatoms. The van der Waals surface area contributed by atoms with Gasteiger partial charge in [0.1, 0.15) is 75.4 Å². The number of carbonyl (C=O) groups excluding carboxylic acids is 6. The zero-order valence-electron chi connectivity index (χ0n) is 75.6. The third kappa shape index (κ3) is 32.0. The van der Waals surface area contributed by atoms with Crippen LogP contribution in [0.1, 0.15) is 168 Å². The molecule has 0 saturated carbocycles. The van der Waals surface area contributed by atoms with Gasteiger partial charge in [0.15, 0.2) is 42.0 Å². The lowest BCUT2D eigenvalue weighted by Gasteiger charge is -2.46. The van der Waals surface area contributed by atoms with Crippen molar-refractivity contribution < 1.29 is 126 Å². The highest BCUT2D eigenvalue weighted by molar-refractivity contribution is 9.26. The Bertz CT molecular complexity index is 5260. The van der Waals surface area contributed by atoms with Crippen LogP contribution in [0.2, 0.25) is 19.6 Å². The molecule has 0 bridgehead atoms. The van der Waals surface area contributed by atoms with Crippen molar-refractivity contribution >= 4 is 79.6 Å². The molecule has 3 aliphatic heterocycles. The van der Waals surface area contributed by atoms with Crippen molar-refractivity contribution in [1.29, 1.82) is 0 Å². The first kappa shape index (κ1) is 117. The van der Waals surface area contributed by atoms with Crippen molar-refractivity contribution in [1.82, 2.24) is 44.8 Å². The molecular formula is C87H129BrF6N9O24P3Si. The Morgan fingerprint density at radius 3 is 1.09 bits per heavy atom. The van der Waals surface area contributed by atoms with E-state index in [4.69, 9.17) is 32.5 Å². The summed E-state index contributed by atoms with van der Waals surface area (Å²) in [5.41, 5.74) is -8.13. The van der Waals surface area contributed by atoms with Crippen LogP contribution in [0.5, 0.6) is 17.2 Å². The van der Waals surface area contributed by atoms with Gasteiger partial charge in [0.2, 0.25) is 16.3 Å². The number of pyridine rings is 3. The second kappa shape index (κ2) is 52.1. The van der Waals surface area contributed by atoms with Crippen molar-refractivity contribution in [2.45, 2.75) is 166 Å². The summed E-state index contributed by atoms with van der Waals surface area (Å²) in [6.45, 7) is 20.6. The van der Waals surface area contributed by atoms with E-state index in [2.05, 4.69) is 56.2 Å². The fourth-order valence-corrected chi connectivity index (χ4v) is 18.3. The predicted molar refractivity (Wildman–Crippen MR) is 492 cm³/mol. The van der Waals surface area contributed by atoms with Gasteiger partial charge in [-0.3, -0.25) is 56.8 Å². The Labute approximate surface area is 769 Å². The highest BCUT2D eigenvalue weighted by atomic mass is 79.9. The van der Waals surface area contributed by atoms with E-state index in [0.29, 0.717) is 89.4 Å². The maximum absolute atomic E-state index is 14.0. The van der Waals surface area contributed by atoms with Gasteiger partial charge in [0, 0.05) is 172 Å². The van der Waals surface area contributed by atoms with E-state index in [1.54, 1.807) is 74.3 Å². The molecule has 9 N–H and O–H groups in total. The number of nitrogens with one attached hydrogen (secondary N) is 4. The number of hydrogen-bond acceptors (Lipinski definition) is 25. The normalized spacial score (nSPS) is 18.5. The van der Waals surface area contributed by atoms with E-state index < -0.39 is 178 Å². The summed E-state index contributed by atoms with van der Waals surface area (Å²) < 4.78 is 157. The number of aromatic nitrogens is 3. The number of methoxy groups -OCH3 is 4. The summed E-state index contributed by atoms with van der Waals surface area (Å²) in [4.78, 5) is 140. The smallest absolute Gasteiger partial charge is 0.332 e. The molecule has 3 aromatic carbocycles. The lowest BCUT2D eigenvalue weighted by atomic mass is 9.71. The molecule has 3 aromatic heterocycles. The van der Waals surface area contributed by atoms with Gasteiger partial charge in [-0.05, 0) is 105 Å². The molecule has 6 heterocycles. The Morgan fingerprint density at radius 1 is 0.504 bits per heavy atom. The van der Waals surface area contributed by atoms with Gasteiger partial charge in [-0.1, -0.05) is 73.5 Å². The quantitative estimate of drug-likeness (QED) is 0.00752. The fourth-order valence-electron chi connectivity index (χ4n) is 14.8. The third-order valence-corrected chi connectivity index (χ3v) is 26.8. The van der Waals surface area contributed by atoms with Gasteiger partial charge in [-0.25, -0.2) is 26.3 Å². The van der Waals surface area contributed by atoms with Crippen molar-refractivity contribution in [2.75, 3.05) is 134 Å². The van der Waals surface area contributed by atoms with Crippen molar-refractivity contribution in [3.63, 3.8) is 0 Å². The van der Waals surface area contributed by atoms with Crippen LogP contribution in [0.15, 0.2) is 87.6 Å². The van der Waals surface area contributed by atoms with Gasteiger partial charge in [0.25, 0.3) is 17.7 Å². The number of amides is 3. The van der Waals surface area contributed by atoms with E-state index in [1.807, 2.05) is 11.9 Å². The van der Waals surface area contributed by atoms with E-state index in [-0.39, 0.29) is 133 Å². The first-order valence-electron chi connectivity index (χ1n) is 41.3. The van der Waals surface area contributed by atoms with E-state index in [0.717, 1.165) is 30.5 Å². The number of ether oxygens (including phenoxy) is 4. The minimum absolute atomic E-state index is 0. The number of benzene rings is 3.